The molecular weight excluding hydrogens is 320 g/mol. The fourth-order valence-electron chi connectivity index (χ4n) is 3.12. The zero-order valence-electron chi connectivity index (χ0n) is 13.7. The number of carbonyl (C=O) groups excluding carboxylic acids is 1. The number of hydrogen-bond acceptors (Lipinski definition) is 5. The first-order valence-electron chi connectivity index (χ1n) is 8.39. The zero-order valence-corrected chi connectivity index (χ0v) is 13.7. The first-order chi connectivity index (χ1) is 12.2. The maximum atomic E-state index is 12.2. The molecule has 0 spiro atoms. The van der Waals surface area contributed by atoms with Gasteiger partial charge >= 0.3 is 0 Å². The molecule has 25 heavy (non-hydrogen) atoms. The van der Waals surface area contributed by atoms with Crippen LogP contribution in [0, 0.1) is 0 Å². The highest BCUT2D eigenvalue weighted by atomic mass is 16.2. The minimum Gasteiger partial charge on any atom is -0.350 e. The summed E-state index contributed by atoms with van der Waals surface area (Å²) in [5, 5.41) is 17.7. The van der Waals surface area contributed by atoms with E-state index in [0.717, 1.165) is 36.9 Å². The van der Waals surface area contributed by atoms with E-state index in [1.165, 1.54) is 4.68 Å². The lowest BCUT2D eigenvalue weighted by Gasteiger charge is -2.16. The maximum Gasteiger partial charge on any atom is 0.267 e. The molecule has 1 aliphatic carbocycles. The van der Waals surface area contributed by atoms with E-state index in [9.17, 15) is 9.59 Å². The molecule has 0 aliphatic heterocycles. The lowest BCUT2D eigenvalue weighted by molar-refractivity contribution is 0.0952. The standard InChI is InChI=1S/C17H18N6O2/c24-16-10-11-3-1-2-4-13(11)21-23(16)8-7-18-17(25)12-5-6-14-15(9-12)20-22-19-14/h5-6,9-10H,1-4,7-8H2,(H,18,25)(H,19,20,22). The number of fused-ring (bicyclic) bond motifs is 2. The van der Waals surface area contributed by atoms with Gasteiger partial charge in [-0.3, -0.25) is 9.59 Å². The van der Waals surface area contributed by atoms with Crippen LogP contribution in [0.5, 0.6) is 0 Å². The summed E-state index contributed by atoms with van der Waals surface area (Å²) in [6, 6.07) is 6.80. The molecule has 2 heterocycles. The summed E-state index contributed by atoms with van der Waals surface area (Å²) in [6.45, 7) is 0.686. The molecule has 1 aliphatic rings. The molecule has 0 atom stereocenters. The second-order valence-corrected chi connectivity index (χ2v) is 6.17. The Morgan fingerprint density at radius 2 is 2.00 bits per heavy atom. The number of carbonyl (C=O) groups is 1. The van der Waals surface area contributed by atoms with E-state index in [4.69, 9.17) is 0 Å². The third-order valence-electron chi connectivity index (χ3n) is 4.46. The normalized spacial score (nSPS) is 13.6. The first kappa shape index (κ1) is 15.5. The number of rotatable bonds is 4. The van der Waals surface area contributed by atoms with E-state index in [0.29, 0.717) is 29.7 Å². The van der Waals surface area contributed by atoms with E-state index < -0.39 is 0 Å². The number of H-pyrrole nitrogens is 1. The third-order valence-corrected chi connectivity index (χ3v) is 4.46. The first-order valence-corrected chi connectivity index (χ1v) is 8.39. The van der Waals surface area contributed by atoms with Crippen LogP contribution >= 0.6 is 0 Å². The number of aromatic amines is 1. The Hall–Kier alpha value is -3.03. The Kier molecular flexibility index (Phi) is 4.01. The largest absolute Gasteiger partial charge is 0.350 e. The summed E-state index contributed by atoms with van der Waals surface area (Å²) in [7, 11) is 0. The lowest BCUT2D eigenvalue weighted by Crippen LogP contribution is -2.33. The van der Waals surface area contributed by atoms with Crippen molar-refractivity contribution in [2.75, 3.05) is 6.54 Å². The monoisotopic (exact) mass is 338 g/mol. The quantitative estimate of drug-likeness (QED) is 0.733. The van der Waals surface area contributed by atoms with E-state index in [1.54, 1.807) is 24.3 Å². The van der Waals surface area contributed by atoms with Crippen molar-refractivity contribution in [1.82, 2.24) is 30.5 Å². The van der Waals surface area contributed by atoms with Crippen LogP contribution in [0.4, 0.5) is 0 Å². The van der Waals surface area contributed by atoms with Crippen LogP contribution in [-0.2, 0) is 19.4 Å². The van der Waals surface area contributed by atoms with E-state index in [2.05, 4.69) is 25.8 Å². The van der Waals surface area contributed by atoms with Crippen LogP contribution in [0.1, 0.15) is 34.5 Å². The van der Waals surface area contributed by atoms with Crippen LogP contribution in [0.3, 0.4) is 0 Å². The van der Waals surface area contributed by atoms with Crippen molar-refractivity contribution in [1.29, 1.82) is 0 Å². The van der Waals surface area contributed by atoms with Crippen molar-refractivity contribution >= 4 is 16.9 Å². The van der Waals surface area contributed by atoms with Crippen LogP contribution in [0.2, 0.25) is 0 Å². The van der Waals surface area contributed by atoms with Gasteiger partial charge in [0.05, 0.1) is 12.2 Å². The van der Waals surface area contributed by atoms with Gasteiger partial charge in [-0.25, -0.2) is 4.68 Å². The number of amides is 1. The second-order valence-electron chi connectivity index (χ2n) is 6.17. The van der Waals surface area contributed by atoms with Gasteiger partial charge in [-0.15, -0.1) is 0 Å². The highest BCUT2D eigenvalue weighted by Gasteiger charge is 2.13. The third kappa shape index (κ3) is 3.15. The number of benzene rings is 1. The molecule has 2 N–H and O–H groups in total. The minimum absolute atomic E-state index is 0.112. The van der Waals surface area contributed by atoms with Gasteiger partial charge in [0.15, 0.2) is 0 Å². The molecule has 1 aromatic carbocycles. The molecule has 0 radical (unpaired) electrons. The Bertz CT molecular complexity index is 990. The van der Waals surface area contributed by atoms with E-state index >= 15 is 0 Å². The van der Waals surface area contributed by atoms with Gasteiger partial charge in [-0.1, -0.05) is 0 Å². The predicted molar refractivity (Wildman–Crippen MR) is 91.4 cm³/mol. The van der Waals surface area contributed by atoms with Crippen LogP contribution in [-0.4, -0.2) is 37.6 Å². The molecule has 0 saturated carbocycles. The van der Waals surface area contributed by atoms with Crippen molar-refractivity contribution < 1.29 is 4.79 Å². The molecule has 8 heteroatoms. The molecule has 0 unspecified atom stereocenters. The van der Waals surface area contributed by atoms with Gasteiger partial charge in [0.25, 0.3) is 11.5 Å². The smallest absolute Gasteiger partial charge is 0.267 e. The number of aryl methyl sites for hydroxylation is 2. The Morgan fingerprint density at radius 3 is 2.92 bits per heavy atom. The Balaban J connectivity index is 1.41. The van der Waals surface area contributed by atoms with E-state index in [1.807, 2.05) is 0 Å². The molecule has 2 aromatic heterocycles. The predicted octanol–water partition coefficient (Wildman–Crippen LogP) is 0.823. The lowest BCUT2D eigenvalue weighted by atomic mass is 9.97. The summed E-state index contributed by atoms with van der Waals surface area (Å²) in [5.74, 6) is -0.212. The summed E-state index contributed by atoms with van der Waals surface area (Å²) >= 11 is 0. The van der Waals surface area contributed by atoms with Gasteiger partial charge < -0.3 is 5.32 Å². The summed E-state index contributed by atoms with van der Waals surface area (Å²) in [6.07, 6.45) is 4.07. The van der Waals surface area contributed by atoms with Crippen LogP contribution < -0.4 is 10.9 Å². The number of nitrogens with one attached hydrogen (secondary N) is 2. The molecule has 4 rings (SSSR count). The second kappa shape index (κ2) is 6.46. The minimum atomic E-state index is -0.212. The van der Waals surface area contributed by atoms with Crippen molar-refractivity contribution in [3.63, 3.8) is 0 Å². The van der Waals surface area contributed by atoms with Crippen molar-refractivity contribution in [2.24, 2.45) is 0 Å². The number of hydrogen-bond donors (Lipinski definition) is 2. The Morgan fingerprint density at radius 1 is 1.16 bits per heavy atom. The molecular formula is C17H18N6O2. The molecule has 128 valence electrons. The molecule has 0 saturated heterocycles. The van der Waals surface area contributed by atoms with Crippen molar-refractivity contribution in [2.45, 2.75) is 32.2 Å². The zero-order chi connectivity index (χ0) is 17.2. The highest BCUT2D eigenvalue weighted by Crippen LogP contribution is 2.16. The SMILES string of the molecule is O=C(NCCn1nc2c(cc1=O)CCCC2)c1ccc2n[nH]nc2c1. The van der Waals surface area contributed by atoms with Gasteiger partial charge in [0, 0.05) is 18.2 Å². The summed E-state index contributed by atoms with van der Waals surface area (Å²) in [5.41, 5.74) is 3.82. The molecule has 0 bridgehead atoms. The molecule has 0 fully saturated rings. The molecule has 1 amide bonds. The highest BCUT2D eigenvalue weighted by molar-refractivity contribution is 5.97. The van der Waals surface area contributed by atoms with Crippen LogP contribution in [0.25, 0.3) is 11.0 Å². The average Bonchev–Trinajstić information content (AvgIpc) is 3.09. The topological polar surface area (TPSA) is 106 Å². The van der Waals surface area contributed by atoms with Crippen molar-refractivity contribution in [3.05, 3.63) is 51.4 Å². The maximum absolute atomic E-state index is 12.2. The van der Waals surface area contributed by atoms with Gasteiger partial charge in [0.2, 0.25) is 0 Å². The number of aromatic nitrogens is 5. The average molecular weight is 338 g/mol. The van der Waals surface area contributed by atoms with E-state index in [-0.39, 0.29) is 11.5 Å². The van der Waals surface area contributed by atoms with Gasteiger partial charge in [-0.2, -0.15) is 20.5 Å². The van der Waals surface area contributed by atoms with Crippen molar-refractivity contribution in [3.8, 4) is 0 Å². The van der Waals surface area contributed by atoms with Gasteiger partial charge in [-0.05, 0) is 49.4 Å². The Labute approximate surface area is 143 Å². The summed E-state index contributed by atoms with van der Waals surface area (Å²) in [4.78, 5) is 24.4. The fraction of sp³-hybridized carbons (Fsp3) is 0.353. The van der Waals surface area contributed by atoms with Crippen LogP contribution in [0.15, 0.2) is 29.1 Å². The fourth-order valence-corrected chi connectivity index (χ4v) is 3.12. The molecule has 8 nitrogen and oxygen atoms in total. The summed E-state index contributed by atoms with van der Waals surface area (Å²) < 4.78 is 1.44. The number of nitrogens with zero attached hydrogens (tertiary/aromatic N) is 4. The molecule has 3 aromatic rings. The van der Waals surface area contributed by atoms with Gasteiger partial charge in [0.1, 0.15) is 11.0 Å².